The number of anilines is 1. The summed E-state index contributed by atoms with van der Waals surface area (Å²) in [4.78, 5) is 16.2. The molecule has 8 heteroatoms. The second kappa shape index (κ2) is 7.62. The van der Waals surface area contributed by atoms with Crippen LogP contribution in [-0.4, -0.2) is 58.1 Å². The molecule has 5 rings (SSSR count). The van der Waals surface area contributed by atoms with Crippen molar-refractivity contribution in [2.75, 3.05) is 31.6 Å². The maximum atomic E-state index is 12.8. The van der Waals surface area contributed by atoms with Crippen LogP contribution >= 0.6 is 0 Å². The van der Waals surface area contributed by atoms with Gasteiger partial charge in [0.2, 0.25) is 5.91 Å². The van der Waals surface area contributed by atoms with Crippen molar-refractivity contribution in [3.8, 4) is 11.5 Å². The van der Waals surface area contributed by atoms with Crippen LogP contribution in [-0.2, 0) is 11.3 Å². The molecule has 1 aromatic heterocycles. The standard InChI is InChI=1S/C21H23N5O3/c27-21(14-26-23-17-5-1-2-6-18(17)24-26)25-9-3-4-16(13-25)22-15-7-8-19-20(12-15)29-11-10-28-19/h1-2,5-8,12,16,22H,3-4,9-11,13-14H2. The molecule has 1 unspecified atom stereocenters. The number of ether oxygens (including phenoxy) is 2. The van der Waals surface area contributed by atoms with Gasteiger partial charge in [0, 0.05) is 30.9 Å². The molecule has 1 fully saturated rings. The Morgan fingerprint density at radius 3 is 2.62 bits per heavy atom. The summed E-state index contributed by atoms with van der Waals surface area (Å²) in [6, 6.07) is 13.7. The number of rotatable bonds is 4. The SMILES string of the molecule is O=C(Cn1nc2ccccc2n1)N1CCCC(Nc2ccc3c(c2)OCCO3)C1. The molecule has 0 bridgehead atoms. The molecule has 2 aliphatic heterocycles. The van der Waals surface area contributed by atoms with Gasteiger partial charge in [0.1, 0.15) is 30.8 Å². The minimum atomic E-state index is 0.0407. The number of benzene rings is 2. The predicted molar refractivity (Wildman–Crippen MR) is 108 cm³/mol. The van der Waals surface area contributed by atoms with Crippen molar-refractivity contribution in [3.63, 3.8) is 0 Å². The second-order valence-electron chi connectivity index (χ2n) is 7.40. The van der Waals surface area contributed by atoms with Crippen LogP contribution in [0.15, 0.2) is 42.5 Å². The molecule has 29 heavy (non-hydrogen) atoms. The topological polar surface area (TPSA) is 81.5 Å². The van der Waals surface area contributed by atoms with Crippen LogP contribution in [0.2, 0.25) is 0 Å². The number of likely N-dealkylation sites (tertiary alicyclic amines) is 1. The minimum absolute atomic E-state index is 0.0407. The zero-order valence-electron chi connectivity index (χ0n) is 16.1. The molecular weight excluding hydrogens is 370 g/mol. The Kier molecular flexibility index (Phi) is 4.67. The first-order valence-corrected chi connectivity index (χ1v) is 9.98. The highest BCUT2D eigenvalue weighted by molar-refractivity contribution is 5.77. The van der Waals surface area contributed by atoms with Crippen LogP contribution in [0.1, 0.15) is 12.8 Å². The van der Waals surface area contributed by atoms with Crippen LogP contribution in [0.5, 0.6) is 11.5 Å². The van der Waals surface area contributed by atoms with Gasteiger partial charge in [0.25, 0.3) is 0 Å². The number of hydrogen-bond donors (Lipinski definition) is 1. The molecule has 150 valence electrons. The summed E-state index contributed by atoms with van der Waals surface area (Å²) in [6.45, 7) is 2.73. The van der Waals surface area contributed by atoms with E-state index in [4.69, 9.17) is 9.47 Å². The number of hydrogen-bond acceptors (Lipinski definition) is 6. The van der Waals surface area contributed by atoms with Crippen LogP contribution in [0.3, 0.4) is 0 Å². The number of carbonyl (C=O) groups is 1. The van der Waals surface area contributed by atoms with E-state index in [0.29, 0.717) is 19.8 Å². The highest BCUT2D eigenvalue weighted by Crippen LogP contribution is 2.33. The van der Waals surface area contributed by atoms with Crippen molar-refractivity contribution in [1.29, 1.82) is 0 Å². The van der Waals surface area contributed by atoms with E-state index in [1.54, 1.807) is 0 Å². The Morgan fingerprint density at radius 2 is 1.83 bits per heavy atom. The van der Waals surface area contributed by atoms with Crippen molar-refractivity contribution in [1.82, 2.24) is 19.9 Å². The van der Waals surface area contributed by atoms with Gasteiger partial charge in [-0.15, -0.1) is 0 Å². The third-order valence-electron chi connectivity index (χ3n) is 5.29. The molecule has 0 spiro atoms. The normalized spacial score (nSPS) is 18.6. The minimum Gasteiger partial charge on any atom is -0.486 e. The largest absolute Gasteiger partial charge is 0.486 e. The highest BCUT2D eigenvalue weighted by Gasteiger charge is 2.24. The maximum Gasteiger partial charge on any atom is 0.246 e. The Bertz CT molecular complexity index is 1000. The lowest BCUT2D eigenvalue weighted by atomic mass is 10.0. The zero-order valence-corrected chi connectivity index (χ0v) is 16.1. The van der Waals surface area contributed by atoms with E-state index in [-0.39, 0.29) is 18.5 Å². The summed E-state index contributed by atoms with van der Waals surface area (Å²) >= 11 is 0. The lowest BCUT2D eigenvalue weighted by Gasteiger charge is -2.33. The quantitative estimate of drug-likeness (QED) is 0.733. The van der Waals surface area contributed by atoms with Crippen molar-refractivity contribution in [2.45, 2.75) is 25.4 Å². The highest BCUT2D eigenvalue weighted by atomic mass is 16.6. The molecule has 3 aromatic rings. The number of carbonyl (C=O) groups excluding carboxylic acids is 1. The lowest BCUT2D eigenvalue weighted by molar-refractivity contribution is -0.133. The summed E-state index contributed by atoms with van der Waals surface area (Å²) < 4.78 is 11.2. The number of nitrogens with zero attached hydrogens (tertiary/aromatic N) is 4. The van der Waals surface area contributed by atoms with E-state index in [1.807, 2.05) is 47.4 Å². The van der Waals surface area contributed by atoms with Gasteiger partial charge in [0.05, 0.1) is 0 Å². The average Bonchev–Trinajstić information content (AvgIpc) is 3.16. The molecule has 1 saturated heterocycles. The fourth-order valence-corrected chi connectivity index (χ4v) is 3.89. The summed E-state index contributed by atoms with van der Waals surface area (Å²) in [5, 5.41) is 12.3. The summed E-state index contributed by atoms with van der Waals surface area (Å²) in [7, 11) is 0. The van der Waals surface area contributed by atoms with Gasteiger partial charge in [-0.2, -0.15) is 15.0 Å². The number of aromatic nitrogens is 3. The molecule has 2 aliphatic rings. The van der Waals surface area contributed by atoms with E-state index in [0.717, 1.165) is 47.6 Å². The van der Waals surface area contributed by atoms with E-state index in [1.165, 1.54) is 4.80 Å². The van der Waals surface area contributed by atoms with Crippen LogP contribution < -0.4 is 14.8 Å². The van der Waals surface area contributed by atoms with Crippen molar-refractivity contribution in [2.24, 2.45) is 0 Å². The van der Waals surface area contributed by atoms with Gasteiger partial charge in [-0.1, -0.05) is 12.1 Å². The molecule has 0 saturated carbocycles. The van der Waals surface area contributed by atoms with E-state index >= 15 is 0 Å². The number of nitrogens with one attached hydrogen (secondary N) is 1. The van der Waals surface area contributed by atoms with E-state index in [2.05, 4.69) is 15.5 Å². The van der Waals surface area contributed by atoms with Crippen LogP contribution in [0.4, 0.5) is 5.69 Å². The third-order valence-corrected chi connectivity index (χ3v) is 5.29. The monoisotopic (exact) mass is 393 g/mol. The molecule has 1 N–H and O–H groups in total. The average molecular weight is 393 g/mol. The van der Waals surface area contributed by atoms with Gasteiger partial charge >= 0.3 is 0 Å². The summed E-state index contributed by atoms with van der Waals surface area (Å²) in [5.41, 5.74) is 2.59. The predicted octanol–water partition coefficient (Wildman–Crippen LogP) is 2.31. The lowest BCUT2D eigenvalue weighted by Crippen LogP contribution is -2.46. The van der Waals surface area contributed by atoms with Crippen molar-refractivity contribution in [3.05, 3.63) is 42.5 Å². The van der Waals surface area contributed by atoms with Crippen LogP contribution in [0, 0.1) is 0 Å². The molecule has 0 radical (unpaired) electrons. The Balaban J connectivity index is 1.22. The van der Waals surface area contributed by atoms with E-state index < -0.39 is 0 Å². The summed E-state index contributed by atoms with van der Waals surface area (Å²) in [6.07, 6.45) is 1.98. The Hall–Kier alpha value is -3.29. The molecule has 2 aromatic carbocycles. The van der Waals surface area contributed by atoms with Gasteiger partial charge in [-0.25, -0.2) is 0 Å². The van der Waals surface area contributed by atoms with Gasteiger partial charge in [-0.05, 0) is 37.1 Å². The molecule has 1 amide bonds. The first-order chi connectivity index (χ1) is 14.2. The number of fused-ring (bicyclic) bond motifs is 2. The summed E-state index contributed by atoms with van der Waals surface area (Å²) in [5.74, 6) is 1.59. The molecular formula is C21H23N5O3. The molecule has 1 atom stereocenters. The maximum absolute atomic E-state index is 12.8. The number of piperidine rings is 1. The second-order valence-corrected chi connectivity index (χ2v) is 7.40. The van der Waals surface area contributed by atoms with E-state index in [9.17, 15) is 4.79 Å². The number of amides is 1. The van der Waals surface area contributed by atoms with Crippen molar-refractivity contribution < 1.29 is 14.3 Å². The fraction of sp³-hybridized carbons (Fsp3) is 0.381. The fourth-order valence-electron chi connectivity index (χ4n) is 3.89. The molecule has 3 heterocycles. The molecule has 8 nitrogen and oxygen atoms in total. The Morgan fingerprint density at radius 1 is 1.07 bits per heavy atom. The smallest absolute Gasteiger partial charge is 0.246 e. The Labute approximate surface area is 168 Å². The van der Waals surface area contributed by atoms with Gasteiger partial charge in [-0.3, -0.25) is 4.79 Å². The van der Waals surface area contributed by atoms with Crippen molar-refractivity contribution >= 4 is 22.6 Å². The van der Waals surface area contributed by atoms with Gasteiger partial charge in [0.15, 0.2) is 11.5 Å². The first kappa shape index (κ1) is 17.8. The molecule has 0 aliphatic carbocycles. The zero-order chi connectivity index (χ0) is 19.6. The van der Waals surface area contributed by atoms with Gasteiger partial charge < -0.3 is 19.7 Å². The third kappa shape index (κ3) is 3.83. The first-order valence-electron chi connectivity index (χ1n) is 9.98. The van der Waals surface area contributed by atoms with Crippen LogP contribution in [0.25, 0.3) is 11.0 Å².